The van der Waals surface area contributed by atoms with Crippen LogP contribution in [0.5, 0.6) is 0 Å². The van der Waals surface area contributed by atoms with Gasteiger partial charge in [-0.05, 0) is 42.3 Å². The number of anilines is 3. The first-order chi connectivity index (χ1) is 13.2. The summed E-state index contributed by atoms with van der Waals surface area (Å²) in [5, 5.41) is 7.61. The third kappa shape index (κ3) is 4.01. The van der Waals surface area contributed by atoms with Gasteiger partial charge in [-0.2, -0.15) is 4.98 Å². The highest BCUT2D eigenvalue weighted by Gasteiger charge is 2.05. The van der Waals surface area contributed by atoms with E-state index < -0.39 is 5.82 Å². The van der Waals surface area contributed by atoms with Gasteiger partial charge in [0, 0.05) is 35.5 Å². The summed E-state index contributed by atoms with van der Waals surface area (Å²) in [6, 6.07) is 14.4. The number of fused-ring (bicyclic) bond motifs is 1. The molecule has 0 unspecified atom stereocenters. The van der Waals surface area contributed by atoms with Crippen molar-refractivity contribution in [3.63, 3.8) is 0 Å². The van der Waals surface area contributed by atoms with E-state index in [1.807, 2.05) is 18.3 Å². The normalized spacial score (nSPS) is 10.9. The Morgan fingerprint density at radius 1 is 1.11 bits per heavy atom. The minimum absolute atomic E-state index is 0.0612. The summed E-state index contributed by atoms with van der Waals surface area (Å²) in [6.07, 6.45) is 4.54. The third-order valence-electron chi connectivity index (χ3n) is 4.20. The predicted molar refractivity (Wildman–Crippen MR) is 107 cm³/mol. The van der Waals surface area contributed by atoms with Crippen molar-refractivity contribution in [2.24, 2.45) is 0 Å². The van der Waals surface area contributed by atoms with E-state index in [0.717, 1.165) is 11.9 Å². The summed E-state index contributed by atoms with van der Waals surface area (Å²) in [7, 11) is 0. The first-order valence-electron chi connectivity index (χ1n) is 8.53. The van der Waals surface area contributed by atoms with Crippen LogP contribution in [0.15, 0.2) is 60.9 Å². The molecule has 4 aromatic rings. The zero-order valence-electron chi connectivity index (χ0n) is 14.3. The molecule has 27 heavy (non-hydrogen) atoms. The van der Waals surface area contributed by atoms with Crippen molar-refractivity contribution >= 4 is 40.0 Å². The lowest BCUT2D eigenvalue weighted by Gasteiger charge is -2.09. The molecular formula is C20H17ClFN5. The van der Waals surface area contributed by atoms with Gasteiger partial charge in [-0.3, -0.25) is 0 Å². The zero-order chi connectivity index (χ0) is 18.6. The highest BCUT2D eigenvalue weighted by molar-refractivity contribution is 6.31. The van der Waals surface area contributed by atoms with E-state index in [1.54, 1.807) is 18.3 Å². The van der Waals surface area contributed by atoms with E-state index in [0.29, 0.717) is 24.0 Å². The maximum atomic E-state index is 13.3. The van der Waals surface area contributed by atoms with Crippen LogP contribution in [0.25, 0.3) is 10.9 Å². The van der Waals surface area contributed by atoms with Crippen LogP contribution in [0.3, 0.4) is 0 Å². The Morgan fingerprint density at radius 2 is 2.00 bits per heavy atom. The van der Waals surface area contributed by atoms with E-state index in [9.17, 15) is 4.39 Å². The van der Waals surface area contributed by atoms with Crippen LogP contribution in [0.2, 0.25) is 5.02 Å². The van der Waals surface area contributed by atoms with Crippen molar-refractivity contribution in [2.75, 3.05) is 17.2 Å². The second-order valence-electron chi connectivity index (χ2n) is 6.06. The lowest BCUT2D eigenvalue weighted by molar-refractivity contribution is 0.628. The second kappa shape index (κ2) is 7.63. The lowest BCUT2D eigenvalue weighted by Crippen LogP contribution is -2.08. The number of aromatic amines is 1. The molecule has 0 aliphatic rings. The summed E-state index contributed by atoms with van der Waals surface area (Å²) in [5.74, 6) is 0.667. The molecule has 0 bridgehead atoms. The van der Waals surface area contributed by atoms with Gasteiger partial charge in [0.25, 0.3) is 0 Å². The molecule has 2 heterocycles. The number of nitrogens with zero attached hydrogens (tertiary/aromatic N) is 2. The van der Waals surface area contributed by atoms with Gasteiger partial charge in [0.05, 0.1) is 5.02 Å². The SMILES string of the molecule is Fc1ccc(Nc2ccnc(NCCc3c[nH]c4ccccc34)n2)cc1Cl. The summed E-state index contributed by atoms with van der Waals surface area (Å²) < 4.78 is 13.3. The summed E-state index contributed by atoms with van der Waals surface area (Å²) in [6.45, 7) is 0.702. The third-order valence-corrected chi connectivity index (χ3v) is 4.49. The molecule has 0 spiro atoms. The zero-order valence-corrected chi connectivity index (χ0v) is 15.1. The van der Waals surface area contributed by atoms with Crippen molar-refractivity contribution < 1.29 is 4.39 Å². The van der Waals surface area contributed by atoms with Gasteiger partial charge in [-0.1, -0.05) is 29.8 Å². The second-order valence-corrected chi connectivity index (χ2v) is 6.46. The smallest absolute Gasteiger partial charge is 0.224 e. The molecule has 7 heteroatoms. The standard InChI is InChI=1S/C20H17ClFN5/c21-16-11-14(5-6-17(16)22)26-19-8-10-24-20(27-19)23-9-7-13-12-25-18-4-2-1-3-15(13)18/h1-6,8,10-12,25H,7,9H2,(H2,23,24,26,27). The monoisotopic (exact) mass is 381 g/mol. The first-order valence-corrected chi connectivity index (χ1v) is 8.91. The number of benzene rings is 2. The molecule has 0 saturated heterocycles. The number of hydrogen-bond acceptors (Lipinski definition) is 4. The Balaban J connectivity index is 1.39. The number of H-pyrrole nitrogens is 1. The average Bonchev–Trinajstić information content (AvgIpc) is 3.09. The van der Waals surface area contributed by atoms with Gasteiger partial charge < -0.3 is 15.6 Å². The van der Waals surface area contributed by atoms with E-state index in [2.05, 4.69) is 37.7 Å². The quantitative estimate of drug-likeness (QED) is 0.432. The van der Waals surface area contributed by atoms with Crippen LogP contribution in [0, 0.1) is 5.82 Å². The van der Waals surface area contributed by atoms with E-state index in [4.69, 9.17) is 11.6 Å². The molecule has 0 radical (unpaired) electrons. The van der Waals surface area contributed by atoms with Crippen LogP contribution in [-0.2, 0) is 6.42 Å². The van der Waals surface area contributed by atoms with Crippen molar-refractivity contribution in [1.82, 2.24) is 15.0 Å². The fraction of sp³-hybridized carbons (Fsp3) is 0.100. The maximum Gasteiger partial charge on any atom is 0.224 e. The molecule has 0 amide bonds. The molecule has 5 nitrogen and oxygen atoms in total. The maximum absolute atomic E-state index is 13.3. The molecule has 136 valence electrons. The highest BCUT2D eigenvalue weighted by Crippen LogP contribution is 2.22. The number of nitrogens with one attached hydrogen (secondary N) is 3. The minimum Gasteiger partial charge on any atom is -0.361 e. The molecule has 4 rings (SSSR count). The fourth-order valence-corrected chi connectivity index (χ4v) is 3.06. The van der Waals surface area contributed by atoms with Crippen LogP contribution in [0.4, 0.5) is 21.8 Å². The van der Waals surface area contributed by atoms with Crippen LogP contribution < -0.4 is 10.6 Å². The summed E-state index contributed by atoms with van der Waals surface area (Å²) in [4.78, 5) is 11.9. The number of aromatic nitrogens is 3. The van der Waals surface area contributed by atoms with Crippen molar-refractivity contribution in [3.8, 4) is 0 Å². The van der Waals surface area contributed by atoms with Gasteiger partial charge >= 0.3 is 0 Å². The molecule has 0 atom stereocenters. The Morgan fingerprint density at radius 3 is 2.89 bits per heavy atom. The summed E-state index contributed by atoms with van der Waals surface area (Å²) >= 11 is 5.81. The van der Waals surface area contributed by atoms with Crippen LogP contribution in [0.1, 0.15) is 5.56 Å². The van der Waals surface area contributed by atoms with E-state index in [1.165, 1.54) is 23.1 Å². The number of halogens is 2. The number of rotatable bonds is 6. The number of hydrogen-bond donors (Lipinski definition) is 3. The van der Waals surface area contributed by atoms with Gasteiger partial charge in [0.1, 0.15) is 11.6 Å². The predicted octanol–water partition coefficient (Wildman–Crippen LogP) is 5.15. The molecule has 3 N–H and O–H groups in total. The van der Waals surface area contributed by atoms with Crippen molar-refractivity contribution in [3.05, 3.63) is 77.3 Å². The highest BCUT2D eigenvalue weighted by atomic mass is 35.5. The minimum atomic E-state index is -0.454. The molecule has 0 saturated carbocycles. The Hall–Kier alpha value is -3.12. The largest absolute Gasteiger partial charge is 0.361 e. The molecular weight excluding hydrogens is 365 g/mol. The van der Waals surface area contributed by atoms with Crippen molar-refractivity contribution in [1.29, 1.82) is 0 Å². The van der Waals surface area contributed by atoms with Gasteiger partial charge in [0.2, 0.25) is 5.95 Å². The van der Waals surface area contributed by atoms with Crippen LogP contribution >= 0.6 is 11.6 Å². The van der Waals surface area contributed by atoms with Gasteiger partial charge in [0.15, 0.2) is 0 Å². The average molecular weight is 382 g/mol. The molecule has 0 fully saturated rings. The number of para-hydroxylation sites is 1. The molecule has 2 aromatic carbocycles. The van der Waals surface area contributed by atoms with Gasteiger partial charge in [-0.25, -0.2) is 9.37 Å². The lowest BCUT2D eigenvalue weighted by atomic mass is 10.1. The van der Waals surface area contributed by atoms with Crippen LogP contribution in [-0.4, -0.2) is 21.5 Å². The van der Waals surface area contributed by atoms with Gasteiger partial charge in [-0.15, -0.1) is 0 Å². The first kappa shape index (κ1) is 17.3. The van der Waals surface area contributed by atoms with E-state index in [-0.39, 0.29) is 5.02 Å². The fourth-order valence-electron chi connectivity index (χ4n) is 2.88. The summed E-state index contributed by atoms with van der Waals surface area (Å²) in [5.41, 5.74) is 3.03. The Bertz CT molecular complexity index is 1080. The van der Waals surface area contributed by atoms with E-state index >= 15 is 0 Å². The molecule has 0 aliphatic heterocycles. The topological polar surface area (TPSA) is 65.6 Å². The molecule has 2 aromatic heterocycles. The molecule has 0 aliphatic carbocycles. The van der Waals surface area contributed by atoms with Crippen molar-refractivity contribution in [2.45, 2.75) is 6.42 Å². The Labute approximate surface area is 160 Å². The Kier molecular flexibility index (Phi) is 4.89.